The topological polar surface area (TPSA) is 12.0 Å². The summed E-state index contributed by atoms with van der Waals surface area (Å²) in [4.78, 5) is 0. The molecule has 1 fully saturated rings. The molecule has 1 unspecified atom stereocenters. The fraction of sp³-hybridized carbons (Fsp3) is 1.00. The second kappa shape index (κ2) is 6.36. The predicted octanol–water partition coefficient (Wildman–Crippen LogP) is 2.90. The molecule has 1 rings (SSSR count). The molecule has 1 aliphatic rings. The van der Waals surface area contributed by atoms with E-state index in [1.165, 1.54) is 25.7 Å². The van der Waals surface area contributed by atoms with Crippen molar-refractivity contribution < 1.29 is 4.39 Å². The molecular formula is C11H22FN. The predicted molar refractivity (Wildman–Crippen MR) is 54.6 cm³/mol. The van der Waals surface area contributed by atoms with Gasteiger partial charge in [0.2, 0.25) is 0 Å². The Morgan fingerprint density at radius 2 is 1.85 bits per heavy atom. The van der Waals surface area contributed by atoms with Crippen LogP contribution in [0.5, 0.6) is 0 Å². The largest absolute Gasteiger partial charge is 0.320 e. The van der Waals surface area contributed by atoms with Crippen molar-refractivity contribution in [3.05, 3.63) is 0 Å². The van der Waals surface area contributed by atoms with Crippen molar-refractivity contribution in [1.82, 2.24) is 5.32 Å². The van der Waals surface area contributed by atoms with Gasteiger partial charge in [-0.1, -0.05) is 25.7 Å². The van der Waals surface area contributed by atoms with E-state index in [0.717, 1.165) is 19.4 Å². The number of alkyl halides is 1. The lowest BCUT2D eigenvalue weighted by Crippen LogP contribution is -2.21. The molecule has 0 bridgehead atoms. The molecule has 0 radical (unpaired) electrons. The van der Waals surface area contributed by atoms with Crippen LogP contribution < -0.4 is 5.32 Å². The average molecular weight is 187 g/mol. The van der Waals surface area contributed by atoms with Crippen molar-refractivity contribution in [2.75, 3.05) is 13.6 Å². The lowest BCUT2D eigenvalue weighted by atomic mass is 9.93. The van der Waals surface area contributed by atoms with Crippen LogP contribution in [0.4, 0.5) is 4.39 Å². The number of nitrogens with one attached hydrogen (secondary N) is 1. The van der Waals surface area contributed by atoms with Gasteiger partial charge in [-0.25, -0.2) is 4.39 Å². The Morgan fingerprint density at radius 3 is 2.38 bits per heavy atom. The summed E-state index contributed by atoms with van der Waals surface area (Å²) in [5.41, 5.74) is 0. The Labute approximate surface area is 81.1 Å². The molecule has 0 spiro atoms. The summed E-state index contributed by atoms with van der Waals surface area (Å²) in [6, 6.07) is 0. The molecule has 0 aromatic carbocycles. The molecule has 13 heavy (non-hydrogen) atoms. The SMILES string of the molecule is CNCCC(F)C1CCCCCC1. The number of halogens is 1. The Bertz CT molecular complexity index is 119. The zero-order chi connectivity index (χ0) is 9.52. The van der Waals surface area contributed by atoms with Crippen molar-refractivity contribution in [1.29, 1.82) is 0 Å². The monoisotopic (exact) mass is 187 g/mol. The van der Waals surface area contributed by atoms with Crippen molar-refractivity contribution in [3.8, 4) is 0 Å². The maximum absolute atomic E-state index is 13.6. The summed E-state index contributed by atoms with van der Waals surface area (Å²) in [5.74, 6) is 0.357. The van der Waals surface area contributed by atoms with Gasteiger partial charge < -0.3 is 5.32 Å². The minimum absolute atomic E-state index is 0.357. The molecule has 1 nitrogen and oxygen atoms in total. The summed E-state index contributed by atoms with van der Waals surface area (Å²) in [5, 5.41) is 3.01. The van der Waals surface area contributed by atoms with Crippen molar-refractivity contribution >= 4 is 0 Å². The first kappa shape index (κ1) is 11.0. The van der Waals surface area contributed by atoms with E-state index in [9.17, 15) is 4.39 Å². The second-order valence-corrected chi connectivity index (χ2v) is 4.16. The van der Waals surface area contributed by atoms with Crippen LogP contribution in [0, 0.1) is 5.92 Å². The van der Waals surface area contributed by atoms with Crippen LogP contribution in [0.1, 0.15) is 44.9 Å². The lowest BCUT2D eigenvalue weighted by Gasteiger charge is -2.18. The van der Waals surface area contributed by atoms with E-state index in [1.54, 1.807) is 0 Å². The summed E-state index contributed by atoms with van der Waals surface area (Å²) in [7, 11) is 1.89. The maximum Gasteiger partial charge on any atom is 0.104 e. The molecule has 0 aromatic rings. The van der Waals surface area contributed by atoms with Crippen LogP contribution in [0.3, 0.4) is 0 Å². The van der Waals surface area contributed by atoms with Crippen molar-refractivity contribution in [2.45, 2.75) is 51.1 Å². The fourth-order valence-corrected chi connectivity index (χ4v) is 2.19. The van der Waals surface area contributed by atoms with Gasteiger partial charge in [0.25, 0.3) is 0 Å². The van der Waals surface area contributed by atoms with Gasteiger partial charge in [0.05, 0.1) is 0 Å². The third-order valence-corrected chi connectivity index (χ3v) is 3.08. The van der Waals surface area contributed by atoms with Gasteiger partial charge in [-0.3, -0.25) is 0 Å². The summed E-state index contributed by atoms with van der Waals surface area (Å²) in [6.07, 6.45) is 7.47. The van der Waals surface area contributed by atoms with Gasteiger partial charge in [0.15, 0.2) is 0 Å². The van der Waals surface area contributed by atoms with Crippen LogP contribution >= 0.6 is 0 Å². The standard InChI is InChI=1S/C11H22FN/c1-13-9-8-11(12)10-6-4-2-3-5-7-10/h10-11,13H,2-9H2,1H3. The van der Waals surface area contributed by atoms with Crippen LogP contribution in [-0.4, -0.2) is 19.8 Å². The van der Waals surface area contributed by atoms with E-state index in [-0.39, 0.29) is 0 Å². The lowest BCUT2D eigenvalue weighted by molar-refractivity contribution is 0.196. The second-order valence-electron chi connectivity index (χ2n) is 4.16. The zero-order valence-electron chi connectivity index (χ0n) is 8.69. The Kier molecular flexibility index (Phi) is 5.37. The minimum Gasteiger partial charge on any atom is -0.320 e. The van der Waals surface area contributed by atoms with E-state index >= 15 is 0 Å². The van der Waals surface area contributed by atoms with Crippen LogP contribution in [0.25, 0.3) is 0 Å². The molecule has 2 heteroatoms. The van der Waals surface area contributed by atoms with Crippen LogP contribution in [0.15, 0.2) is 0 Å². The Morgan fingerprint density at radius 1 is 1.23 bits per heavy atom. The maximum atomic E-state index is 13.6. The number of hydrogen-bond donors (Lipinski definition) is 1. The summed E-state index contributed by atoms with van der Waals surface area (Å²) >= 11 is 0. The molecule has 0 aliphatic heterocycles. The van der Waals surface area contributed by atoms with Crippen molar-refractivity contribution in [2.24, 2.45) is 5.92 Å². The molecular weight excluding hydrogens is 165 g/mol. The number of rotatable bonds is 4. The molecule has 78 valence electrons. The molecule has 1 atom stereocenters. The smallest absolute Gasteiger partial charge is 0.104 e. The Hall–Kier alpha value is -0.110. The quantitative estimate of drug-likeness (QED) is 0.667. The van der Waals surface area contributed by atoms with Gasteiger partial charge in [0, 0.05) is 0 Å². The Balaban J connectivity index is 2.22. The van der Waals surface area contributed by atoms with Crippen LogP contribution in [-0.2, 0) is 0 Å². The van der Waals surface area contributed by atoms with Gasteiger partial charge >= 0.3 is 0 Å². The zero-order valence-corrected chi connectivity index (χ0v) is 8.69. The first-order chi connectivity index (χ1) is 6.34. The van der Waals surface area contributed by atoms with E-state index in [0.29, 0.717) is 12.3 Å². The molecule has 0 amide bonds. The highest BCUT2D eigenvalue weighted by Crippen LogP contribution is 2.28. The average Bonchev–Trinajstić information content (AvgIpc) is 2.42. The molecule has 1 saturated carbocycles. The first-order valence-electron chi connectivity index (χ1n) is 5.63. The van der Waals surface area contributed by atoms with E-state index in [4.69, 9.17) is 0 Å². The van der Waals surface area contributed by atoms with E-state index in [2.05, 4.69) is 5.32 Å². The minimum atomic E-state index is -0.564. The summed E-state index contributed by atoms with van der Waals surface area (Å²) in [6.45, 7) is 0.817. The molecule has 1 aliphatic carbocycles. The molecule has 0 saturated heterocycles. The highest BCUT2D eigenvalue weighted by Gasteiger charge is 2.21. The highest BCUT2D eigenvalue weighted by atomic mass is 19.1. The summed E-state index contributed by atoms with van der Waals surface area (Å²) < 4.78 is 13.6. The van der Waals surface area contributed by atoms with Gasteiger partial charge in [-0.05, 0) is 38.8 Å². The third kappa shape index (κ3) is 4.08. The third-order valence-electron chi connectivity index (χ3n) is 3.08. The first-order valence-corrected chi connectivity index (χ1v) is 5.63. The van der Waals surface area contributed by atoms with Gasteiger partial charge in [-0.15, -0.1) is 0 Å². The van der Waals surface area contributed by atoms with Crippen molar-refractivity contribution in [3.63, 3.8) is 0 Å². The highest BCUT2D eigenvalue weighted by molar-refractivity contribution is 4.72. The molecule has 0 aromatic heterocycles. The molecule has 0 heterocycles. The normalized spacial score (nSPS) is 22.6. The van der Waals surface area contributed by atoms with E-state index in [1.807, 2.05) is 7.05 Å². The molecule has 1 N–H and O–H groups in total. The number of hydrogen-bond acceptors (Lipinski definition) is 1. The van der Waals surface area contributed by atoms with Crippen LogP contribution in [0.2, 0.25) is 0 Å². The van der Waals surface area contributed by atoms with E-state index < -0.39 is 6.17 Å². The van der Waals surface area contributed by atoms with Gasteiger partial charge in [0.1, 0.15) is 6.17 Å². The fourth-order valence-electron chi connectivity index (χ4n) is 2.19. The van der Waals surface area contributed by atoms with Gasteiger partial charge in [-0.2, -0.15) is 0 Å².